The predicted molar refractivity (Wildman–Crippen MR) is 114 cm³/mol. The number of nitrogens with one attached hydrogen (secondary N) is 1. The third kappa shape index (κ3) is 5.99. The van der Waals surface area contributed by atoms with E-state index in [9.17, 15) is 0 Å². The number of aliphatic imine (C=N–C) groups is 1. The molecule has 0 aromatic heterocycles. The number of likely N-dealkylation sites (tertiary alicyclic amines) is 1. The van der Waals surface area contributed by atoms with Crippen LogP contribution in [0.5, 0.6) is 5.75 Å². The molecule has 1 fully saturated rings. The van der Waals surface area contributed by atoms with E-state index in [1.807, 2.05) is 19.2 Å². The highest BCUT2D eigenvalue weighted by molar-refractivity contribution is 5.80. The highest BCUT2D eigenvalue weighted by atomic mass is 16.5. The molecule has 0 radical (unpaired) electrons. The Bertz CT molecular complexity index is 731. The fourth-order valence-corrected chi connectivity index (χ4v) is 3.60. The topological polar surface area (TPSA) is 46.1 Å². The van der Waals surface area contributed by atoms with Crippen LogP contribution in [-0.4, -0.2) is 51.3 Å². The molecule has 1 saturated heterocycles. The molecule has 1 heterocycles. The Morgan fingerprint density at radius 3 is 2.57 bits per heavy atom. The lowest BCUT2D eigenvalue weighted by Gasteiger charge is -2.22. The molecule has 1 atom stereocenters. The molecule has 3 rings (SSSR count). The maximum Gasteiger partial charge on any atom is 0.193 e. The van der Waals surface area contributed by atoms with Gasteiger partial charge in [-0.3, -0.25) is 4.99 Å². The Hall–Kier alpha value is -2.53. The molecule has 0 spiro atoms. The molecule has 150 valence electrons. The molecule has 28 heavy (non-hydrogen) atoms. The minimum atomic E-state index is 0.569. The van der Waals surface area contributed by atoms with Gasteiger partial charge >= 0.3 is 0 Å². The van der Waals surface area contributed by atoms with Crippen LogP contribution in [0, 0.1) is 5.92 Å². The highest BCUT2D eigenvalue weighted by Crippen LogP contribution is 2.21. The maximum atomic E-state index is 5.61. The van der Waals surface area contributed by atoms with Gasteiger partial charge in [0.05, 0.1) is 6.61 Å². The van der Waals surface area contributed by atoms with E-state index in [-0.39, 0.29) is 0 Å². The van der Waals surface area contributed by atoms with Crippen LogP contribution in [0.4, 0.5) is 0 Å². The van der Waals surface area contributed by atoms with Crippen LogP contribution in [0.25, 0.3) is 0 Å². The normalized spacial score (nSPS) is 17.0. The zero-order chi connectivity index (χ0) is 19.6. The van der Waals surface area contributed by atoms with Crippen molar-refractivity contribution in [1.29, 1.82) is 0 Å². The Morgan fingerprint density at radius 2 is 1.86 bits per heavy atom. The molecule has 2 aromatic carbocycles. The fourth-order valence-electron chi connectivity index (χ4n) is 3.60. The molecule has 0 aliphatic carbocycles. The molecule has 1 unspecified atom stereocenters. The second-order valence-corrected chi connectivity index (χ2v) is 7.18. The molecule has 1 aliphatic heterocycles. The molecule has 1 N–H and O–H groups in total. The van der Waals surface area contributed by atoms with E-state index in [1.165, 1.54) is 17.5 Å². The quantitative estimate of drug-likeness (QED) is 0.433. The number of methoxy groups -OCH3 is 1. The van der Waals surface area contributed by atoms with E-state index in [2.05, 4.69) is 57.7 Å². The van der Waals surface area contributed by atoms with Gasteiger partial charge in [-0.15, -0.1) is 0 Å². The van der Waals surface area contributed by atoms with Crippen LogP contribution < -0.4 is 10.1 Å². The van der Waals surface area contributed by atoms with Crippen LogP contribution in [0.3, 0.4) is 0 Å². The van der Waals surface area contributed by atoms with Crippen LogP contribution in [-0.2, 0) is 17.7 Å². The maximum absolute atomic E-state index is 5.61. The van der Waals surface area contributed by atoms with E-state index in [0.29, 0.717) is 19.1 Å². The summed E-state index contributed by atoms with van der Waals surface area (Å²) >= 11 is 0. The number of ether oxygens (including phenoxy) is 2. The summed E-state index contributed by atoms with van der Waals surface area (Å²) in [6.45, 7) is 4.04. The first-order valence-electron chi connectivity index (χ1n) is 9.98. The highest BCUT2D eigenvalue weighted by Gasteiger charge is 2.24. The van der Waals surface area contributed by atoms with Gasteiger partial charge in [-0.25, -0.2) is 0 Å². The number of guanidine groups is 1. The van der Waals surface area contributed by atoms with Crippen LogP contribution in [0.15, 0.2) is 59.6 Å². The first-order chi connectivity index (χ1) is 13.8. The van der Waals surface area contributed by atoms with Crippen molar-refractivity contribution in [1.82, 2.24) is 10.2 Å². The zero-order valence-corrected chi connectivity index (χ0v) is 16.9. The lowest BCUT2D eigenvalue weighted by molar-refractivity contribution is 0.146. The fraction of sp³-hybridized carbons (Fsp3) is 0.435. The van der Waals surface area contributed by atoms with Gasteiger partial charge < -0.3 is 19.7 Å². The summed E-state index contributed by atoms with van der Waals surface area (Å²) in [7, 11) is 3.54. The number of nitrogens with zero attached hydrogens (tertiary/aromatic N) is 2. The Kier molecular flexibility index (Phi) is 7.73. The van der Waals surface area contributed by atoms with Crippen molar-refractivity contribution in [2.75, 3.05) is 40.5 Å². The second-order valence-electron chi connectivity index (χ2n) is 7.18. The van der Waals surface area contributed by atoms with Gasteiger partial charge in [0.15, 0.2) is 5.96 Å². The SMILES string of the molecule is CN=C(NCc1ccc(OCCOC)cc1)N1CCC(Cc2ccccc2)C1. The van der Waals surface area contributed by atoms with Crippen LogP contribution >= 0.6 is 0 Å². The minimum Gasteiger partial charge on any atom is -0.491 e. The average molecular weight is 382 g/mol. The van der Waals surface area contributed by atoms with Crippen LogP contribution in [0.2, 0.25) is 0 Å². The van der Waals surface area contributed by atoms with Crippen molar-refractivity contribution in [3.63, 3.8) is 0 Å². The molecule has 0 amide bonds. The minimum absolute atomic E-state index is 0.569. The van der Waals surface area contributed by atoms with E-state index >= 15 is 0 Å². The molecular weight excluding hydrogens is 350 g/mol. The molecule has 5 nitrogen and oxygen atoms in total. The van der Waals surface area contributed by atoms with Crippen molar-refractivity contribution >= 4 is 5.96 Å². The number of hydrogen-bond donors (Lipinski definition) is 1. The summed E-state index contributed by atoms with van der Waals surface area (Å²) in [5, 5.41) is 3.50. The third-order valence-corrected chi connectivity index (χ3v) is 5.09. The molecule has 1 aliphatic rings. The summed E-state index contributed by atoms with van der Waals surface area (Å²) < 4.78 is 10.6. The summed E-state index contributed by atoms with van der Waals surface area (Å²) in [5.74, 6) is 2.54. The van der Waals surface area contributed by atoms with Gasteiger partial charge in [-0.2, -0.15) is 0 Å². The standard InChI is InChI=1S/C23H31N3O2/c1-24-23(25-17-20-8-10-22(11-9-20)28-15-14-27-2)26-13-12-21(18-26)16-19-6-4-3-5-7-19/h3-11,21H,12-18H2,1-2H3,(H,24,25). The summed E-state index contributed by atoms with van der Waals surface area (Å²) in [4.78, 5) is 6.86. The predicted octanol–water partition coefficient (Wildman–Crippen LogP) is 3.35. The van der Waals surface area contributed by atoms with Gasteiger partial charge in [0.25, 0.3) is 0 Å². The van der Waals surface area contributed by atoms with Crippen LogP contribution in [0.1, 0.15) is 17.5 Å². The van der Waals surface area contributed by atoms with Crippen molar-refractivity contribution in [2.24, 2.45) is 10.9 Å². The monoisotopic (exact) mass is 381 g/mol. The molecule has 2 aromatic rings. The van der Waals surface area contributed by atoms with Gasteiger partial charge in [-0.1, -0.05) is 42.5 Å². The number of hydrogen-bond acceptors (Lipinski definition) is 3. The molecule has 0 saturated carbocycles. The van der Waals surface area contributed by atoms with E-state index in [0.717, 1.165) is 37.8 Å². The summed E-state index contributed by atoms with van der Waals surface area (Å²) in [5.41, 5.74) is 2.63. The van der Waals surface area contributed by atoms with Gasteiger partial charge in [0.1, 0.15) is 12.4 Å². The Labute approximate surface area is 168 Å². The van der Waals surface area contributed by atoms with Gasteiger partial charge in [0, 0.05) is 33.8 Å². The first-order valence-corrected chi connectivity index (χ1v) is 9.98. The first kappa shape index (κ1) is 20.2. The van der Waals surface area contributed by atoms with E-state index in [1.54, 1.807) is 7.11 Å². The number of rotatable bonds is 8. The zero-order valence-electron chi connectivity index (χ0n) is 16.9. The van der Waals surface area contributed by atoms with Crippen molar-refractivity contribution in [2.45, 2.75) is 19.4 Å². The van der Waals surface area contributed by atoms with Gasteiger partial charge in [0.2, 0.25) is 0 Å². The lowest BCUT2D eigenvalue weighted by Crippen LogP contribution is -2.39. The smallest absolute Gasteiger partial charge is 0.193 e. The van der Waals surface area contributed by atoms with Crippen molar-refractivity contribution in [3.05, 3.63) is 65.7 Å². The summed E-state index contributed by atoms with van der Waals surface area (Å²) in [6.07, 6.45) is 2.35. The van der Waals surface area contributed by atoms with Gasteiger partial charge in [-0.05, 0) is 42.0 Å². The van der Waals surface area contributed by atoms with E-state index in [4.69, 9.17) is 9.47 Å². The summed E-state index contributed by atoms with van der Waals surface area (Å²) in [6, 6.07) is 18.9. The molecule has 0 bridgehead atoms. The largest absolute Gasteiger partial charge is 0.491 e. The van der Waals surface area contributed by atoms with Crippen molar-refractivity contribution < 1.29 is 9.47 Å². The second kappa shape index (κ2) is 10.7. The molecular formula is C23H31N3O2. The Balaban J connectivity index is 1.46. The van der Waals surface area contributed by atoms with E-state index < -0.39 is 0 Å². The lowest BCUT2D eigenvalue weighted by atomic mass is 9.99. The van der Waals surface area contributed by atoms with Crippen molar-refractivity contribution in [3.8, 4) is 5.75 Å². The Morgan fingerprint density at radius 1 is 1.07 bits per heavy atom. The third-order valence-electron chi connectivity index (χ3n) is 5.09. The number of benzene rings is 2. The average Bonchev–Trinajstić information content (AvgIpc) is 3.19. The molecule has 5 heteroatoms.